The van der Waals surface area contributed by atoms with E-state index in [1.807, 2.05) is 13.0 Å². The molecule has 0 N–H and O–H groups in total. The maximum atomic E-state index is 11.5. The summed E-state index contributed by atoms with van der Waals surface area (Å²) in [5.74, 6) is 0.385. The van der Waals surface area contributed by atoms with Gasteiger partial charge in [-0.3, -0.25) is 0 Å². The number of carbonyl (C=O) groups is 1. The third kappa shape index (κ3) is 2.87. The number of methoxy groups -OCH3 is 1. The number of halogens is 3. The number of hydrogen-bond donors (Lipinski definition) is 0. The first-order valence-corrected chi connectivity index (χ1v) is 6.92. The first-order chi connectivity index (χ1) is 7.02. The summed E-state index contributed by atoms with van der Waals surface area (Å²) in [7, 11) is 1.59. The average Bonchev–Trinajstić information content (AvgIpc) is 2.17. The predicted octanol–water partition coefficient (Wildman–Crippen LogP) is 3.72. The molecule has 0 heterocycles. The highest BCUT2D eigenvalue weighted by atomic mass is 127. The number of aryl methyl sites for hydroxylation is 1. The van der Waals surface area contributed by atoms with Crippen LogP contribution in [0.5, 0.6) is 5.75 Å². The van der Waals surface area contributed by atoms with Gasteiger partial charge in [0, 0.05) is 3.57 Å². The monoisotopic (exact) mass is 544 g/mol. The van der Waals surface area contributed by atoms with Crippen LogP contribution in [0.2, 0.25) is 0 Å². The summed E-state index contributed by atoms with van der Waals surface area (Å²) in [5.41, 5.74) is 1.57. The van der Waals surface area contributed by atoms with Crippen molar-refractivity contribution in [2.45, 2.75) is 6.92 Å². The van der Waals surface area contributed by atoms with Crippen LogP contribution in [0.1, 0.15) is 15.9 Å². The third-order valence-corrected chi connectivity index (χ3v) is 4.12. The molecule has 0 aliphatic carbocycles. The van der Waals surface area contributed by atoms with Crippen molar-refractivity contribution >= 4 is 74.2 Å². The van der Waals surface area contributed by atoms with Crippen LogP contribution in [0.4, 0.5) is 0 Å². The molecule has 6 heteroatoms. The largest absolute Gasteiger partial charge is 0.495 e. The van der Waals surface area contributed by atoms with Gasteiger partial charge in [-0.15, -0.1) is 0 Å². The quantitative estimate of drug-likeness (QED) is 0.534. The summed E-state index contributed by atoms with van der Waals surface area (Å²) in [6.07, 6.45) is 0. The van der Waals surface area contributed by atoms with Crippen LogP contribution >= 0.6 is 68.2 Å². The number of carbonyl (C=O) groups excluding carboxylic acids is 1. The van der Waals surface area contributed by atoms with Crippen molar-refractivity contribution in [2.24, 2.45) is 0 Å². The smallest absolute Gasteiger partial charge is 0.349 e. The van der Waals surface area contributed by atoms with E-state index in [2.05, 4.69) is 45.2 Å². The van der Waals surface area contributed by atoms with E-state index in [0.29, 0.717) is 5.56 Å². The highest BCUT2D eigenvalue weighted by Crippen LogP contribution is 2.32. The van der Waals surface area contributed by atoms with Crippen LogP contribution in [-0.2, 0) is 3.07 Å². The normalized spacial score (nSPS) is 9.93. The van der Waals surface area contributed by atoms with E-state index in [1.54, 1.807) is 30.1 Å². The lowest BCUT2D eigenvalue weighted by atomic mass is 10.1. The molecule has 1 rings (SSSR count). The highest BCUT2D eigenvalue weighted by molar-refractivity contribution is 14.1. The van der Waals surface area contributed by atoms with E-state index in [-0.39, 0.29) is 5.97 Å². The molecule has 0 aromatic heterocycles. The molecule has 0 amide bonds. The molecule has 0 saturated carbocycles. The molecule has 0 spiro atoms. The van der Waals surface area contributed by atoms with Gasteiger partial charge in [0.1, 0.15) is 5.75 Å². The number of benzene rings is 1. The Kier molecular flexibility index (Phi) is 5.36. The van der Waals surface area contributed by atoms with E-state index in [4.69, 9.17) is 7.80 Å². The van der Waals surface area contributed by atoms with Gasteiger partial charge in [-0.1, -0.05) is 0 Å². The molecule has 15 heavy (non-hydrogen) atoms. The van der Waals surface area contributed by atoms with Crippen LogP contribution in [0.15, 0.2) is 6.07 Å². The van der Waals surface area contributed by atoms with Crippen molar-refractivity contribution < 1.29 is 12.6 Å². The molecule has 0 radical (unpaired) electrons. The number of ether oxygens (including phenoxy) is 1. The van der Waals surface area contributed by atoms with Gasteiger partial charge < -0.3 is 7.80 Å². The van der Waals surface area contributed by atoms with Crippen molar-refractivity contribution in [1.82, 2.24) is 0 Å². The van der Waals surface area contributed by atoms with E-state index in [1.165, 1.54) is 0 Å². The van der Waals surface area contributed by atoms with Gasteiger partial charge in [-0.25, -0.2) is 4.79 Å². The minimum Gasteiger partial charge on any atom is -0.495 e. The summed E-state index contributed by atoms with van der Waals surface area (Å²) in [6, 6.07) is 1.91. The summed E-state index contributed by atoms with van der Waals surface area (Å²) >= 11 is 5.80. The fourth-order valence-corrected chi connectivity index (χ4v) is 4.05. The first kappa shape index (κ1) is 13.7. The zero-order chi connectivity index (χ0) is 11.6. The van der Waals surface area contributed by atoms with Gasteiger partial charge in [0.05, 0.1) is 16.2 Å². The molecular formula is C9H7I3O3. The van der Waals surface area contributed by atoms with E-state index in [0.717, 1.165) is 18.5 Å². The Morgan fingerprint density at radius 3 is 2.47 bits per heavy atom. The molecule has 82 valence electrons. The lowest BCUT2D eigenvalue weighted by Gasteiger charge is -2.12. The maximum absolute atomic E-state index is 11.5. The van der Waals surface area contributed by atoms with Gasteiger partial charge in [0.15, 0.2) is 23.0 Å². The van der Waals surface area contributed by atoms with Crippen LogP contribution in [-0.4, -0.2) is 13.1 Å². The zero-order valence-corrected chi connectivity index (χ0v) is 14.4. The molecule has 0 aliphatic rings. The van der Waals surface area contributed by atoms with Crippen molar-refractivity contribution in [3.63, 3.8) is 0 Å². The van der Waals surface area contributed by atoms with Crippen molar-refractivity contribution in [3.05, 3.63) is 24.3 Å². The molecule has 1 aromatic rings. The molecule has 0 bridgehead atoms. The second kappa shape index (κ2) is 5.84. The molecular weight excluding hydrogens is 537 g/mol. The van der Waals surface area contributed by atoms with Crippen LogP contribution in [0, 0.1) is 14.1 Å². The fraction of sp³-hybridized carbons (Fsp3) is 0.222. The van der Waals surface area contributed by atoms with Gasteiger partial charge in [-0.2, -0.15) is 0 Å². The Balaban J connectivity index is 3.45. The second-order valence-corrected chi connectivity index (χ2v) is 5.44. The van der Waals surface area contributed by atoms with Gasteiger partial charge in [-0.05, 0) is 63.7 Å². The molecule has 0 saturated heterocycles. The Morgan fingerprint density at radius 1 is 1.40 bits per heavy atom. The van der Waals surface area contributed by atoms with Crippen LogP contribution < -0.4 is 4.74 Å². The summed E-state index contributed by atoms with van der Waals surface area (Å²) in [4.78, 5) is 11.5. The van der Waals surface area contributed by atoms with Crippen LogP contribution in [0.3, 0.4) is 0 Å². The van der Waals surface area contributed by atoms with Crippen LogP contribution in [0.25, 0.3) is 0 Å². The van der Waals surface area contributed by atoms with Gasteiger partial charge in [0.25, 0.3) is 0 Å². The minimum atomic E-state index is -0.345. The molecule has 1 aromatic carbocycles. The molecule has 0 aliphatic heterocycles. The topological polar surface area (TPSA) is 35.5 Å². The SMILES string of the molecule is COc1c(C)cc(I)c(C(=O)OI)c1I. The van der Waals surface area contributed by atoms with Gasteiger partial charge >= 0.3 is 5.97 Å². The van der Waals surface area contributed by atoms with Crippen molar-refractivity contribution in [2.75, 3.05) is 7.11 Å². The summed E-state index contributed by atoms with van der Waals surface area (Å²) in [5, 5.41) is 0. The Hall–Kier alpha value is 0.680. The van der Waals surface area contributed by atoms with Crippen molar-refractivity contribution in [1.29, 1.82) is 0 Å². The summed E-state index contributed by atoms with van der Waals surface area (Å²) in [6.45, 7) is 1.95. The second-order valence-electron chi connectivity index (χ2n) is 2.76. The lowest BCUT2D eigenvalue weighted by Crippen LogP contribution is -2.07. The standard InChI is InChI=1S/C9H7I3O3/c1-4-3-5(10)6(9(13)15-12)7(11)8(4)14-2/h3H,1-2H3. The summed E-state index contributed by atoms with van der Waals surface area (Å²) < 4.78 is 11.6. The number of hydrogen-bond acceptors (Lipinski definition) is 3. The molecule has 3 nitrogen and oxygen atoms in total. The predicted molar refractivity (Wildman–Crippen MR) is 82.6 cm³/mol. The Bertz CT molecular complexity index is 404. The lowest BCUT2D eigenvalue weighted by molar-refractivity contribution is 0.0797. The van der Waals surface area contributed by atoms with E-state index in [9.17, 15) is 4.79 Å². The molecule has 0 unspecified atom stereocenters. The maximum Gasteiger partial charge on any atom is 0.349 e. The third-order valence-electron chi connectivity index (χ3n) is 1.84. The first-order valence-electron chi connectivity index (χ1n) is 3.88. The van der Waals surface area contributed by atoms with Crippen molar-refractivity contribution in [3.8, 4) is 5.75 Å². The Labute approximate surface area is 129 Å². The number of rotatable bonds is 2. The highest BCUT2D eigenvalue weighted by Gasteiger charge is 2.20. The Morgan fingerprint density at radius 2 is 2.00 bits per heavy atom. The van der Waals surface area contributed by atoms with E-state index < -0.39 is 0 Å². The average molecular weight is 544 g/mol. The fourth-order valence-electron chi connectivity index (χ4n) is 1.20. The van der Waals surface area contributed by atoms with Gasteiger partial charge in [0.2, 0.25) is 0 Å². The molecule has 0 atom stereocenters. The minimum absolute atomic E-state index is 0.345. The molecule has 0 fully saturated rings. The zero-order valence-electron chi connectivity index (χ0n) is 7.94. The van der Waals surface area contributed by atoms with E-state index >= 15 is 0 Å².